The van der Waals surface area contributed by atoms with Crippen molar-refractivity contribution in [2.75, 3.05) is 19.5 Å². The van der Waals surface area contributed by atoms with Crippen LogP contribution in [0.3, 0.4) is 0 Å². The molecule has 0 bridgehead atoms. The van der Waals surface area contributed by atoms with E-state index < -0.39 is 18.3 Å². The average Bonchev–Trinajstić information content (AvgIpc) is 3.10. The Morgan fingerprint density at radius 2 is 1.82 bits per heavy atom. The van der Waals surface area contributed by atoms with Gasteiger partial charge in [-0.2, -0.15) is 11.8 Å². The van der Waals surface area contributed by atoms with Crippen LogP contribution in [0.5, 0.6) is 5.75 Å². The second-order valence-electron chi connectivity index (χ2n) is 8.80. The lowest BCUT2D eigenvalue weighted by molar-refractivity contribution is -0.140. The van der Waals surface area contributed by atoms with Crippen LogP contribution in [0.15, 0.2) is 42.5 Å². The minimum atomic E-state index is -0.669. The number of ether oxygens (including phenoxy) is 2. The summed E-state index contributed by atoms with van der Waals surface area (Å²) in [4.78, 5) is 11.2. The van der Waals surface area contributed by atoms with Crippen LogP contribution >= 0.6 is 11.8 Å². The number of aliphatic hydroxyl groups is 3. The highest BCUT2D eigenvalue weighted by Gasteiger charge is 2.41. The van der Waals surface area contributed by atoms with E-state index in [1.54, 1.807) is 0 Å². The third kappa shape index (κ3) is 7.60. The monoisotopic (exact) mass is 476 g/mol. The summed E-state index contributed by atoms with van der Waals surface area (Å²) in [5.41, 5.74) is 0. The van der Waals surface area contributed by atoms with Gasteiger partial charge in [0, 0.05) is 29.2 Å². The first-order valence-electron chi connectivity index (χ1n) is 11.8. The molecule has 0 aliphatic heterocycles. The minimum absolute atomic E-state index is 0.0109. The zero-order valence-corrected chi connectivity index (χ0v) is 20.1. The van der Waals surface area contributed by atoms with Gasteiger partial charge in [0.1, 0.15) is 12.4 Å². The number of esters is 1. The van der Waals surface area contributed by atoms with E-state index in [4.69, 9.17) is 4.74 Å². The number of thioether (sulfide) groups is 1. The van der Waals surface area contributed by atoms with Crippen molar-refractivity contribution >= 4 is 28.5 Å². The van der Waals surface area contributed by atoms with E-state index in [0.717, 1.165) is 48.6 Å². The lowest BCUT2D eigenvalue weighted by atomic mass is 9.97. The van der Waals surface area contributed by atoms with Crippen LogP contribution in [0.4, 0.5) is 0 Å². The summed E-state index contributed by atoms with van der Waals surface area (Å²) >= 11 is 1.52. The van der Waals surface area contributed by atoms with Gasteiger partial charge in [-0.1, -0.05) is 55.7 Å². The molecule has 0 saturated heterocycles. The van der Waals surface area contributed by atoms with Gasteiger partial charge in [-0.25, -0.2) is 0 Å². The lowest BCUT2D eigenvalue weighted by Crippen LogP contribution is -2.28. The van der Waals surface area contributed by atoms with Crippen LogP contribution in [0, 0.1) is 5.92 Å². The van der Waals surface area contributed by atoms with Gasteiger partial charge in [0.25, 0.3) is 0 Å². The molecule has 1 saturated carbocycles. The zero-order valence-electron chi connectivity index (χ0n) is 19.3. The van der Waals surface area contributed by atoms with Crippen molar-refractivity contribution in [2.24, 2.45) is 5.92 Å². The third-order valence-corrected chi connectivity index (χ3v) is 7.96. The molecule has 0 radical (unpaired) electrons. The predicted octanol–water partition coefficient (Wildman–Crippen LogP) is 3.94. The summed E-state index contributed by atoms with van der Waals surface area (Å²) in [6, 6.07) is 13.9. The van der Waals surface area contributed by atoms with Gasteiger partial charge in [-0.3, -0.25) is 4.79 Å². The van der Waals surface area contributed by atoms with Gasteiger partial charge in [-0.05, 0) is 30.2 Å². The van der Waals surface area contributed by atoms with Gasteiger partial charge >= 0.3 is 5.97 Å². The molecule has 2 aromatic carbocycles. The number of fused-ring (bicyclic) bond motifs is 1. The molecule has 3 N–H and O–H groups in total. The van der Waals surface area contributed by atoms with Crippen molar-refractivity contribution in [1.82, 2.24) is 0 Å². The van der Waals surface area contributed by atoms with Crippen LogP contribution in [0.25, 0.3) is 10.8 Å². The Balaban J connectivity index is 1.41. The average molecular weight is 477 g/mol. The predicted molar refractivity (Wildman–Crippen MR) is 132 cm³/mol. The second-order valence-corrected chi connectivity index (χ2v) is 10.0. The van der Waals surface area contributed by atoms with E-state index in [1.165, 1.54) is 18.9 Å². The summed E-state index contributed by atoms with van der Waals surface area (Å²) in [5, 5.41) is 33.4. The number of benzene rings is 2. The number of hydrogen-bond donors (Lipinski definition) is 3. The van der Waals surface area contributed by atoms with Gasteiger partial charge in [-0.15, -0.1) is 0 Å². The van der Waals surface area contributed by atoms with Crippen LogP contribution in [-0.2, 0) is 9.53 Å². The third-order valence-electron chi connectivity index (χ3n) is 6.34. The molecule has 7 heteroatoms. The normalized spacial score (nSPS) is 23.5. The molecule has 5 atom stereocenters. The number of methoxy groups -OCH3 is 1. The first-order chi connectivity index (χ1) is 16.0. The van der Waals surface area contributed by atoms with Crippen molar-refractivity contribution in [3.05, 3.63) is 42.5 Å². The van der Waals surface area contributed by atoms with Gasteiger partial charge in [0.15, 0.2) is 0 Å². The van der Waals surface area contributed by atoms with Crippen molar-refractivity contribution in [1.29, 1.82) is 0 Å². The summed E-state index contributed by atoms with van der Waals surface area (Å²) in [6.07, 6.45) is 3.58. The van der Waals surface area contributed by atoms with E-state index in [1.807, 2.05) is 42.5 Å². The Labute approximate surface area is 200 Å². The Bertz CT molecular complexity index is 869. The Morgan fingerprint density at radius 1 is 1.06 bits per heavy atom. The first kappa shape index (κ1) is 25.8. The van der Waals surface area contributed by atoms with E-state index >= 15 is 0 Å². The summed E-state index contributed by atoms with van der Waals surface area (Å²) in [7, 11) is 1.40. The van der Waals surface area contributed by atoms with Crippen molar-refractivity contribution < 1.29 is 29.6 Å². The number of unbranched alkanes of at least 4 members (excludes halogenated alkanes) is 3. The van der Waals surface area contributed by atoms with Crippen LogP contribution in [0.1, 0.15) is 44.9 Å². The fourth-order valence-electron chi connectivity index (χ4n) is 4.53. The molecular weight excluding hydrogens is 440 g/mol. The molecule has 1 aliphatic rings. The second kappa shape index (κ2) is 13.2. The molecule has 5 unspecified atom stereocenters. The standard InChI is InChI=1S/C26H36O6S/c1-31-25(30)14-5-3-2-4-12-21-22(28)15-23(29)26(21)33-17-19(27)16-32-24-13-8-10-18-9-6-7-11-20(18)24/h6-11,13,19,21-23,26-29H,2-5,12,14-17H2,1H3. The molecular formula is C26H36O6S. The van der Waals surface area contributed by atoms with Crippen LogP contribution in [0.2, 0.25) is 0 Å². The number of hydrogen-bond acceptors (Lipinski definition) is 7. The van der Waals surface area contributed by atoms with Crippen LogP contribution in [-0.4, -0.2) is 64.3 Å². The topological polar surface area (TPSA) is 96.2 Å². The summed E-state index contributed by atoms with van der Waals surface area (Å²) < 4.78 is 10.5. The van der Waals surface area contributed by atoms with Crippen molar-refractivity contribution in [3.63, 3.8) is 0 Å². The zero-order chi connectivity index (χ0) is 23.6. The molecule has 1 fully saturated rings. The highest BCUT2D eigenvalue weighted by atomic mass is 32.2. The van der Waals surface area contributed by atoms with E-state index in [2.05, 4.69) is 4.74 Å². The lowest BCUT2D eigenvalue weighted by Gasteiger charge is -2.24. The van der Waals surface area contributed by atoms with Crippen LogP contribution < -0.4 is 4.74 Å². The summed E-state index contributed by atoms with van der Waals surface area (Å²) in [5.74, 6) is 1.02. The molecule has 6 nitrogen and oxygen atoms in total. The Hall–Kier alpha value is -1.80. The highest BCUT2D eigenvalue weighted by molar-refractivity contribution is 8.00. The Kier molecular flexibility index (Phi) is 10.3. The maximum Gasteiger partial charge on any atom is 0.305 e. The Morgan fingerprint density at radius 3 is 2.64 bits per heavy atom. The quantitative estimate of drug-likeness (QED) is 0.298. The molecule has 1 aliphatic carbocycles. The highest BCUT2D eigenvalue weighted by Crippen LogP contribution is 2.39. The van der Waals surface area contributed by atoms with Gasteiger partial charge in [0.2, 0.25) is 0 Å². The van der Waals surface area contributed by atoms with Gasteiger partial charge < -0.3 is 24.8 Å². The number of carbonyl (C=O) groups is 1. The fraction of sp³-hybridized carbons (Fsp3) is 0.577. The maximum atomic E-state index is 11.2. The largest absolute Gasteiger partial charge is 0.490 e. The van der Waals surface area contributed by atoms with Gasteiger partial charge in [0.05, 0.1) is 25.4 Å². The molecule has 33 heavy (non-hydrogen) atoms. The molecule has 0 spiro atoms. The molecule has 2 aromatic rings. The number of aliphatic hydroxyl groups excluding tert-OH is 3. The molecule has 0 amide bonds. The van der Waals surface area contributed by atoms with Crippen molar-refractivity contribution in [3.8, 4) is 5.75 Å². The molecule has 182 valence electrons. The molecule has 0 heterocycles. The smallest absolute Gasteiger partial charge is 0.305 e. The first-order valence-corrected chi connectivity index (χ1v) is 12.9. The number of carbonyl (C=O) groups excluding carboxylic acids is 1. The SMILES string of the molecule is COC(=O)CCCCCCC1C(O)CC(O)C1SCC(O)COc1cccc2ccccc12. The van der Waals surface area contributed by atoms with E-state index in [-0.39, 0.29) is 23.7 Å². The fourth-order valence-corrected chi connectivity index (χ4v) is 5.97. The molecule has 0 aromatic heterocycles. The minimum Gasteiger partial charge on any atom is -0.490 e. The van der Waals surface area contributed by atoms with Crippen molar-refractivity contribution in [2.45, 2.75) is 68.5 Å². The number of rotatable bonds is 13. The molecule has 3 rings (SSSR count). The summed E-state index contributed by atoms with van der Waals surface area (Å²) in [6.45, 7) is 0.178. The van der Waals surface area contributed by atoms with E-state index in [9.17, 15) is 20.1 Å². The maximum absolute atomic E-state index is 11.2. The van der Waals surface area contributed by atoms with E-state index in [0.29, 0.717) is 18.6 Å².